The van der Waals surface area contributed by atoms with Crippen molar-refractivity contribution in [3.63, 3.8) is 0 Å². The van der Waals surface area contributed by atoms with Gasteiger partial charge in [-0.3, -0.25) is 0 Å². The molecule has 0 spiro atoms. The van der Waals surface area contributed by atoms with Gasteiger partial charge < -0.3 is 14.6 Å². The van der Waals surface area contributed by atoms with Crippen molar-refractivity contribution in [2.24, 2.45) is 0 Å². The van der Waals surface area contributed by atoms with E-state index in [9.17, 15) is 4.79 Å². The van der Waals surface area contributed by atoms with Crippen LogP contribution in [0.1, 0.15) is 37.3 Å². The maximum absolute atomic E-state index is 10.7. The Morgan fingerprint density at radius 3 is 2.19 bits per heavy atom. The minimum absolute atomic E-state index is 0.577. The van der Waals surface area contributed by atoms with Gasteiger partial charge in [-0.15, -0.1) is 0 Å². The van der Waals surface area contributed by atoms with E-state index in [0.717, 1.165) is 36.5 Å². The Morgan fingerprint density at radius 1 is 1.14 bits per heavy atom. The third kappa shape index (κ3) is 5.34. The number of methoxy groups -OCH3 is 2. The molecule has 0 aliphatic rings. The van der Waals surface area contributed by atoms with Gasteiger partial charge >= 0.3 is 5.97 Å². The number of allylic oxidation sites excluding steroid dienone is 1. The van der Waals surface area contributed by atoms with Crippen LogP contribution in [0.4, 0.5) is 0 Å². The van der Waals surface area contributed by atoms with Crippen LogP contribution in [-0.4, -0.2) is 25.3 Å². The lowest BCUT2D eigenvalue weighted by Gasteiger charge is -2.11. The fraction of sp³-hybridized carbons (Fsp3) is 0.353. The van der Waals surface area contributed by atoms with Gasteiger partial charge in [0.25, 0.3) is 0 Å². The van der Waals surface area contributed by atoms with Crippen molar-refractivity contribution in [3.05, 3.63) is 35.4 Å². The molecule has 0 heterocycles. The lowest BCUT2D eigenvalue weighted by atomic mass is 10.0. The zero-order valence-electron chi connectivity index (χ0n) is 12.8. The van der Waals surface area contributed by atoms with E-state index in [4.69, 9.17) is 14.6 Å². The highest BCUT2D eigenvalue weighted by atomic mass is 16.5. The normalized spacial score (nSPS) is 11.2. The van der Waals surface area contributed by atoms with Crippen molar-refractivity contribution in [2.45, 2.75) is 26.2 Å². The first-order valence-electron chi connectivity index (χ1n) is 6.96. The molecule has 0 amide bonds. The molecule has 1 aromatic rings. The van der Waals surface area contributed by atoms with Crippen molar-refractivity contribution < 1.29 is 19.4 Å². The van der Waals surface area contributed by atoms with Gasteiger partial charge in [-0.25, -0.2) is 4.79 Å². The average Bonchev–Trinajstić information content (AvgIpc) is 2.49. The molecule has 1 rings (SSSR count). The summed E-state index contributed by atoms with van der Waals surface area (Å²) >= 11 is 0. The van der Waals surface area contributed by atoms with Crippen molar-refractivity contribution in [1.29, 1.82) is 0 Å². The number of carboxylic acids is 1. The quantitative estimate of drug-likeness (QED) is 0.580. The number of hydrogen-bond donors (Lipinski definition) is 1. The minimum atomic E-state index is -0.981. The van der Waals surface area contributed by atoms with Crippen molar-refractivity contribution in [1.82, 2.24) is 0 Å². The van der Waals surface area contributed by atoms with Crippen LogP contribution in [-0.2, 0) is 4.79 Å². The predicted octanol–water partition coefficient (Wildman–Crippen LogP) is 4.01. The highest BCUT2D eigenvalue weighted by Gasteiger charge is 2.08. The van der Waals surface area contributed by atoms with Gasteiger partial charge in [0.2, 0.25) is 0 Å². The van der Waals surface area contributed by atoms with E-state index in [1.165, 1.54) is 0 Å². The van der Waals surface area contributed by atoms with E-state index in [2.05, 4.69) is 13.0 Å². The first-order valence-corrected chi connectivity index (χ1v) is 6.96. The van der Waals surface area contributed by atoms with Crippen LogP contribution in [0.25, 0.3) is 12.2 Å². The molecule has 21 heavy (non-hydrogen) atoms. The number of rotatable bonds is 8. The molecule has 0 unspecified atom stereocenters. The van der Waals surface area contributed by atoms with Crippen molar-refractivity contribution in [2.75, 3.05) is 14.2 Å². The molecule has 0 fully saturated rings. The summed E-state index contributed by atoms with van der Waals surface area (Å²) in [7, 11) is 3.13. The number of aliphatic carboxylic acids is 1. The molecule has 4 heteroatoms. The first-order chi connectivity index (χ1) is 10.1. The molecule has 0 saturated heterocycles. The zero-order chi connectivity index (χ0) is 15.7. The Labute approximate surface area is 125 Å². The number of carbonyl (C=O) groups is 1. The topological polar surface area (TPSA) is 55.8 Å². The average molecular weight is 290 g/mol. The van der Waals surface area contributed by atoms with Gasteiger partial charge in [-0.2, -0.15) is 0 Å². The highest BCUT2D eigenvalue weighted by molar-refractivity contribution is 5.86. The van der Waals surface area contributed by atoms with Gasteiger partial charge in [0.1, 0.15) is 0 Å². The summed E-state index contributed by atoms with van der Waals surface area (Å²) in [6.07, 6.45) is 10.0. The van der Waals surface area contributed by atoms with E-state index in [0.29, 0.717) is 11.5 Å². The Morgan fingerprint density at radius 2 is 1.71 bits per heavy atom. The summed E-state index contributed by atoms with van der Waals surface area (Å²) < 4.78 is 10.5. The summed E-state index contributed by atoms with van der Waals surface area (Å²) in [6.45, 7) is 2.14. The largest absolute Gasteiger partial charge is 0.493 e. The fourth-order valence-corrected chi connectivity index (χ4v) is 1.89. The van der Waals surface area contributed by atoms with Gasteiger partial charge in [0.15, 0.2) is 11.5 Å². The van der Waals surface area contributed by atoms with Crippen LogP contribution in [0.5, 0.6) is 11.5 Å². The SMILES string of the molecule is CCCCC=Cc1cc(OC)c(OC)cc1C=CC(=O)O. The van der Waals surface area contributed by atoms with Gasteiger partial charge in [0.05, 0.1) is 14.2 Å². The summed E-state index contributed by atoms with van der Waals surface area (Å²) in [4.78, 5) is 10.7. The molecule has 114 valence electrons. The van der Waals surface area contributed by atoms with Crippen molar-refractivity contribution in [3.8, 4) is 11.5 Å². The molecule has 0 aromatic heterocycles. The third-order valence-electron chi connectivity index (χ3n) is 3.02. The van der Waals surface area contributed by atoms with Gasteiger partial charge in [-0.05, 0) is 35.8 Å². The van der Waals surface area contributed by atoms with Crippen LogP contribution >= 0.6 is 0 Å². The molecule has 0 radical (unpaired) electrons. The van der Waals surface area contributed by atoms with Crippen LogP contribution in [0.2, 0.25) is 0 Å². The minimum Gasteiger partial charge on any atom is -0.493 e. The van der Waals surface area contributed by atoms with Crippen molar-refractivity contribution >= 4 is 18.1 Å². The number of ether oxygens (including phenoxy) is 2. The van der Waals surface area contributed by atoms with E-state index in [1.807, 2.05) is 12.1 Å². The molecule has 0 aliphatic carbocycles. The van der Waals surface area contributed by atoms with E-state index < -0.39 is 5.97 Å². The van der Waals surface area contributed by atoms with E-state index in [-0.39, 0.29) is 0 Å². The van der Waals surface area contributed by atoms with Gasteiger partial charge in [-0.1, -0.05) is 31.9 Å². The molecular formula is C17H22O4. The number of carboxylic acid groups (broad SMARTS) is 1. The Kier molecular flexibility index (Phi) is 7.09. The number of benzene rings is 1. The molecule has 0 saturated carbocycles. The summed E-state index contributed by atoms with van der Waals surface area (Å²) in [5.74, 6) is 0.221. The lowest BCUT2D eigenvalue weighted by Crippen LogP contribution is -1.94. The molecule has 4 nitrogen and oxygen atoms in total. The predicted molar refractivity (Wildman–Crippen MR) is 84.8 cm³/mol. The molecule has 1 aromatic carbocycles. The second-order valence-electron chi connectivity index (χ2n) is 4.55. The standard InChI is InChI=1S/C17H22O4/c1-4-5-6-7-8-13-11-15(20-2)16(21-3)12-14(13)9-10-17(18)19/h7-12H,4-6H2,1-3H3,(H,18,19). The summed E-state index contributed by atoms with van der Waals surface area (Å²) in [5, 5.41) is 8.78. The zero-order valence-corrected chi connectivity index (χ0v) is 12.8. The third-order valence-corrected chi connectivity index (χ3v) is 3.02. The van der Waals surface area contributed by atoms with Crippen LogP contribution in [0, 0.1) is 0 Å². The maximum atomic E-state index is 10.7. The van der Waals surface area contributed by atoms with E-state index >= 15 is 0 Å². The highest BCUT2D eigenvalue weighted by Crippen LogP contribution is 2.32. The maximum Gasteiger partial charge on any atom is 0.328 e. The molecular weight excluding hydrogens is 268 g/mol. The molecule has 1 N–H and O–H groups in total. The first kappa shape index (κ1) is 16.8. The van der Waals surface area contributed by atoms with Gasteiger partial charge in [0, 0.05) is 6.08 Å². The lowest BCUT2D eigenvalue weighted by molar-refractivity contribution is -0.131. The molecule has 0 atom stereocenters. The second-order valence-corrected chi connectivity index (χ2v) is 4.55. The van der Waals surface area contributed by atoms with Crippen LogP contribution in [0.15, 0.2) is 24.3 Å². The monoisotopic (exact) mass is 290 g/mol. The summed E-state index contributed by atoms with van der Waals surface area (Å²) in [5.41, 5.74) is 1.68. The second kappa shape index (κ2) is 8.84. The fourth-order valence-electron chi connectivity index (χ4n) is 1.89. The number of unbranched alkanes of at least 4 members (excludes halogenated alkanes) is 2. The van der Waals surface area contributed by atoms with Crippen LogP contribution < -0.4 is 9.47 Å². The van der Waals surface area contributed by atoms with E-state index in [1.54, 1.807) is 26.4 Å². The van der Waals surface area contributed by atoms with Crippen LogP contribution in [0.3, 0.4) is 0 Å². The Hall–Kier alpha value is -2.23. The molecule has 0 aliphatic heterocycles. The smallest absolute Gasteiger partial charge is 0.328 e. The Bertz CT molecular complexity index is 530. The molecule has 0 bridgehead atoms. The Balaban J connectivity index is 3.16. The summed E-state index contributed by atoms with van der Waals surface area (Å²) in [6, 6.07) is 3.63. The number of hydrogen-bond acceptors (Lipinski definition) is 3.